The van der Waals surface area contributed by atoms with Gasteiger partial charge in [-0.3, -0.25) is 0 Å². The van der Waals surface area contributed by atoms with E-state index in [9.17, 15) is 0 Å². The summed E-state index contributed by atoms with van der Waals surface area (Å²) in [5.41, 5.74) is 0. The van der Waals surface area contributed by atoms with Crippen LogP contribution in [0.25, 0.3) is 10.8 Å². The van der Waals surface area contributed by atoms with Gasteiger partial charge in [-0.15, -0.1) is 0 Å². The maximum atomic E-state index is 6.23. The van der Waals surface area contributed by atoms with Gasteiger partial charge in [-0.1, -0.05) is 66.2 Å². The first-order valence-electron chi connectivity index (χ1n) is 11.7. The van der Waals surface area contributed by atoms with Gasteiger partial charge in [0.1, 0.15) is 11.5 Å². The van der Waals surface area contributed by atoms with E-state index in [0.29, 0.717) is 11.8 Å². The van der Waals surface area contributed by atoms with Crippen molar-refractivity contribution in [3.63, 3.8) is 0 Å². The molecule has 168 valence electrons. The Kier molecular flexibility index (Phi) is 11.6. The lowest BCUT2D eigenvalue weighted by Crippen LogP contribution is -2.12. The van der Waals surface area contributed by atoms with Crippen molar-refractivity contribution in [3.05, 3.63) is 33.2 Å². The van der Waals surface area contributed by atoms with Crippen molar-refractivity contribution in [1.82, 2.24) is 0 Å². The van der Waals surface area contributed by atoms with Gasteiger partial charge >= 0.3 is 0 Å². The third-order valence-electron chi connectivity index (χ3n) is 5.98. The fraction of sp³-hybridized carbons (Fsp3) is 0.615. The summed E-state index contributed by atoms with van der Waals surface area (Å²) in [6.07, 6.45) is 9.81. The molecule has 0 saturated carbocycles. The predicted molar refractivity (Wildman–Crippen MR) is 137 cm³/mol. The molecule has 0 heterocycles. The molecule has 30 heavy (non-hydrogen) atoms. The van der Waals surface area contributed by atoms with Gasteiger partial charge in [0.15, 0.2) is 0 Å². The fourth-order valence-corrected chi connectivity index (χ4v) is 4.64. The quantitative estimate of drug-likeness (QED) is 0.237. The highest BCUT2D eigenvalue weighted by molar-refractivity contribution is 9.11. The molecule has 2 aromatic carbocycles. The van der Waals surface area contributed by atoms with Crippen molar-refractivity contribution >= 4 is 42.6 Å². The first kappa shape index (κ1) is 25.5. The molecule has 0 aromatic heterocycles. The van der Waals surface area contributed by atoms with Crippen molar-refractivity contribution in [2.75, 3.05) is 13.2 Å². The summed E-state index contributed by atoms with van der Waals surface area (Å²) in [6.45, 7) is 10.6. The maximum absolute atomic E-state index is 6.23. The van der Waals surface area contributed by atoms with Crippen molar-refractivity contribution < 1.29 is 9.47 Å². The van der Waals surface area contributed by atoms with Crippen molar-refractivity contribution in [1.29, 1.82) is 0 Å². The molecule has 0 radical (unpaired) electrons. The lowest BCUT2D eigenvalue weighted by atomic mass is 10.0. The van der Waals surface area contributed by atoms with E-state index in [0.717, 1.165) is 51.9 Å². The van der Waals surface area contributed by atoms with Crippen molar-refractivity contribution in [2.45, 2.75) is 79.1 Å². The first-order valence-corrected chi connectivity index (χ1v) is 13.3. The second kappa shape index (κ2) is 13.6. The van der Waals surface area contributed by atoms with Crippen LogP contribution in [-0.4, -0.2) is 13.2 Å². The Morgan fingerprint density at radius 1 is 0.667 bits per heavy atom. The average molecular weight is 542 g/mol. The molecule has 4 heteroatoms. The van der Waals surface area contributed by atoms with Gasteiger partial charge in [0.25, 0.3) is 0 Å². The predicted octanol–water partition coefficient (Wildman–Crippen LogP) is 9.56. The van der Waals surface area contributed by atoms with Gasteiger partial charge < -0.3 is 9.47 Å². The van der Waals surface area contributed by atoms with Crippen LogP contribution in [0.3, 0.4) is 0 Å². The summed E-state index contributed by atoms with van der Waals surface area (Å²) in [5.74, 6) is 3.07. The molecule has 0 aliphatic rings. The van der Waals surface area contributed by atoms with Crippen LogP contribution < -0.4 is 9.47 Å². The number of hydrogen-bond acceptors (Lipinski definition) is 2. The van der Waals surface area contributed by atoms with E-state index in [1.54, 1.807) is 0 Å². The molecule has 0 fully saturated rings. The molecular formula is C26H38Br2O2. The second-order valence-corrected chi connectivity index (χ2v) is 10.1. The van der Waals surface area contributed by atoms with Crippen LogP contribution >= 0.6 is 31.9 Å². The molecule has 2 unspecified atom stereocenters. The Balaban J connectivity index is 2.13. The minimum absolute atomic E-state index is 0.616. The summed E-state index contributed by atoms with van der Waals surface area (Å²) in [7, 11) is 0. The minimum atomic E-state index is 0.616. The monoisotopic (exact) mass is 540 g/mol. The minimum Gasteiger partial charge on any atom is -0.492 e. The number of halogens is 2. The molecule has 2 nitrogen and oxygen atoms in total. The summed E-state index contributed by atoms with van der Waals surface area (Å²) in [5, 5.41) is 2.32. The Morgan fingerprint density at radius 2 is 1.07 bits per heavy atom. The van der Waals surface area contributed by atoms with E-state index in [4.69, 9.17) is 9.47 Å². The third kappa shape index (κ3) is 7.75. The first-order chi connectivity index (χ1) is 14.5. The van der Waals surface area contributed by atoms with Crippen LogP contribution in [0, 0.1) is 11.8 Å². The molecule has 2 aromatic rings. The Labute approximate surface area is 200 Å². The molecule has 0 amide bonds. The number of unbranched alkanes of at least 4 members (excludes halogenated alkanes) is 2. The van der Waals surface area contributed by atoms with Crippen LogP contribution in [0.1, 0.15) is 79.1 Å². The smallest absolute Gasteiger partial charge is 0.134 e. The van der Waals surface area contributed by atoms with E-state index in [1.807, 2.05) is 0 Å². The van der Waals surface area contributed by atoms with E-state index in [2.05, 4.69) is 83.8 Å². The fourth-order valence-electron chi connectivity index (χ4n) is 3.69. The Hall–Kier alpha value is -0.740. The summed E-state index contributed by atoms with van der Waals surface area (Å²) in [4.78, 5) is 0. The van der Waals surface area contributed by atoms with Crippen LogP contribution in [0.5, 0.6) is 11.5 Å². The highest BCUT2D eigenvalue weighted by Crippen LogP contribution is 2.37. The zero-order valence-electron chi connectivity index (χ0n) is 19.1. The lowest BCUT2D eigenvalue weighted by Gasteiger charge is -2.18. The number of ether oxygens (including phenoxy) is 2. The zero-order valence-corrected chi connectivity index (χ0v) is 22.3. The third-order valence-corrected chi connectivity index (χ3v) is 7.22. The van der Waals surface area contributed by atoms with Gasteiger partial charge in [0.05, 0.1) is 22.2 Å². The van der Waals surface area contributed by atoms with E-state index < -0.39 is 0 Å². The van der Waals surface area contributed by atoms with Crippen LogP contribution in [-0.2, 0) is 0 Å². The lowest BCUT2D eigenvalue weighted by molar-refractivity contribution is 0.231. The highest BCUT2D eigenvalue weighted by atomic mass is 79.9. The molecule has 2 atom stereocenters. The summed E-state index contributed by atoms with van der Waals surface area (Å²) < 4.78 is 14.5. The van der Waals surface area contributed by atoms with Gasteiger partial charge in [-0.05, 0) is 91.6 Å². The van der Waals surface area contributed by atoms with Crippen LogP contribution in [0.15, 0.2) is 33.2 Å². The normalized spacial score (nSPS) is 13.4. The van der Waals surface area contributed by atoms with Crippen molar-refractivity contribution in [2.24, 2.45) is 11.8 Å². The largest absolute Gasteiger partial charge is 0.492 e. The number of fused-ring (bicyclic) bond motifs is 1. The highest BCUT2D eigenvalue weighted by Gasteiger charge is 2.13. The molecule has 0 aliphatic carbocycles. The average Bonchev–Trinajstić information content (AvgIpc) is 2.74. The molecule has 2 rings (SSSR count). The van der Waals surface area contributed by atoms with Crippen LogP contribution in [0.2, 0.25) is 0 Å². The maximum Gasteiger partial charge on any atom is 0.134 e. The topological polar surface area (TPSA) is 18.5 Å². The molecule has 0 aliphatic heterocycles. The van der Waals surface area contributed by atoms with Gasteiger partial charge in [0.2, 0.25) is 0 Å². The number of rotatable bonds is 14. The Bertz CT molecular complexity index is 714. The second-order valence-electron chi connectivity index (χ2n) is 8.37. The van der Waals surface area contributed by atoms with Gasteiger partial charge in [0, 0.05) is 0 Å². The summed E-state index contributed by atoms with van der Waals surface area (Å²) in [6, 6.07) is 8.56. The molecule has 0 N–H and O–H groups in total. The van der Waals surface area contributed by atoms with E-state index in [-0.39, 0.29) is 0 Å². The SMILES string of the molecule is CCCCC(CC)COc1cc2cc(OCC(CC)CCCC)c(Br)cc2cc1Br. The summed E-state index contributed by atoms with van der Waals surface area (Å²) >= 11 is 7.39. The van der Waals surface area contributed by atoms with Crippen molar-refractivity contribution in [3.8, 4) is 11.5 Å². The number of hydrogen-bond donors (Lipinski definition) is 0. The number of benzene rings is 2. The van der Waals surface area contributed by atoms with Gasteiger partial charge in [-0.25, -0.2) is 0 Å². The molecule has 0 bridgehead atoms. The Morgan fingerprint density at radius 3 is 1.43 bits per heavy atom. The van der Waals surface area contributed by atoms with Gasteiger partial charge in [-0.2, -0.15) is 0 Å². The molecule has 0 saturated heterocycles. The standard InChI is InChI=1S/C26H38Br2O2/c1-5-9-11-19(7-3)17-29-25-15-22-16-26(24(28)14-21(22)13-23(25)27)30-18-20(8-4)12-10-6-2/h13-16,19-20H,5-12,17-18H2,1-4H3. The van der Waals surface area contributed by atoms with E-state index >= 15 is 0 Å². The zero-order chi connectivity index (χ0) is 21.9. The molecule has 0 spiro atoms. The molecular weight excluding hydrogens is 504 g/mol. The van der Waals surface area contributed by atoms with E-state index in [1.165, 1.54) is 43.9 Å². The van der Waals surface area contributed by atoms with Crippen LogP contribution in [0.4, 0.5) is 0 Å².